The van der Waals surface area contributed by atoms with E-state index in [1.807, 2.05) is 0 Å². The standard InChI is InChI=1S/C14H12F3NO4/c1-3-22-13(20)8-6-18-10-5-9(14(15,16)17)11(21-2)4-7(10)12(8)19/h4-6H,3H2,1-2H3,(H,18,19). The van der Waals surface area contributed by atoms with Gasteiger partial charge in [-0.2, -0.15) is 13.2 Å². The van der Waals surface area contributed by atoms with E-state index in [4.69, 9.17) is 9.47 Å². The molecule has 0 spiro atoms. The van der Waals surface area contributed by atoms with E-state index < -0.39 is 28.9 Å². The van der Waals surface area contributed by atoms with Gasteiger partial charge in [0.2, 0.25) is 5.43 Å². The molecule has 0 unspecified atom stereocenters. The molecule has 1 N–H and O–H groups in total. The molecule has 22 heavy (non-hydrogen) atoms. The van der Waals surface area contributed by atoms with Gasteiger partial charge in [-0.25, -0.2) is 4.79 Å². The number of pyridine rings is 1. The molecule has 0 radical (unpaired) electrons. The van der Waals surface area contributed by atoms with E-state index >= 15 is 0 Å². The summed E-state index contributed by atoms with van der Waals surface area (Å²) < 4.78 is 48.2. The Labute approximate surface area is 122 Å². The number of alkyl halides is 3. The second kappa shape index (κ2) is 5.70. The number of nitrogens with one attached hydrogen (secondary N) is 1. The summed E-state index contributed by atoms with van der Waals surface area (Å²) in [6.07, 6.45) is -3.59. The number of aromatic nitrogens is 1. The summed E-state index contributed by atoms with van der Waals surface area (Å²) in [4.78, 5) is 26.4. The smallest absolute Gasteiger partial charge is 0.420 e. The van der Waals surface area contributed by atoms with Crippen LogP contribution < -0.4 is 10.2 Å². The molecule has 1 aromatic heterocycles. The van der Waals surface area contributed by atoms with Gasteiger partial charge < -0.3 is 14.5 Å². The molecular weight excluding hydrogens is 303 g/mol. The van der Waals surface area contributed by atoms with Crippen molar-refractivity contribution in [2.75, 3.05) is 13.7 Å². The van der Waals surface area contributed by atoms with Gasteiger partial charge in [0.05, 0.1) is 30.2 Å². The molecule has 0 aliphatic rings. The van der Waals surface area contributed by atoms with E-state index in [2.05, 4.69) is 4.98 Å². The lowest BCUT2D eigenvalue weighted by Crippen LogP contribution is -2.18. The summed E-state index contributed by atoms with van der Waals surface area (Å²) in [5.41, 5.74) is -2.07. The number of benzene rings is 1. The molecule has 0 fully saturated rings. The molecule has 0 atom stereocenters. The molecule has 1 heterocycles. The maximum atomic E-state index is 12.9. The fraction of sp³-hybridized carbons (Fsp3) is 0.286. The van der Waals surface area contributed by atoms with Gasteiger partial charge in [-0.1, -0.05) is 0 Å². The molecule has 0 aliphatic carbocycles. The van der Waals surface area contributed by atoms with Crippen LogP contribution in [0.3, 0.4) is 0 Å². The Morgan fingerprint density at radius 1 is 1.32 bits per heavy atom. The van der Waals surface area contributed by atoms with Crippen molar-refractivity contribution in [3.05, 3.63) is 39.7 Å². The number of carbonyl (C=O) groups is 1. The van der Waals surface area contributed by atoms with Crippen LogP contribution in [0, 0.1) is 0 Å². The lowest BCUT2D eigenvalue weighted by atomic mass is 10.1. The van der Waals surface area contributed by atoms with Gasteiger partial charge in [0.1, 0.15) is 11.3 Å². The predicted molar refractivity (Wildman–Crippen MR) is 72.1 cm³/mol. The number of methoxy groups -OCH3 is 1. The Kier molecular flexibility index (Phi) is 4.11. The van der Waals surface area contributed by atoms with Gasteiger partial charge in [-0.15, -0.1) is 0 Å². The molecule has 2 aromatic rings. The predicted octanol–water partition coefficient (Wildman–Crippen LogP) is 2.73. The van der Waals surface area contributed by atoms with Crippen LogP contribution in [0.4, 0.5) is 13.2 Å². The number of esters is 1. The highest BCUT2D eigenvalue weighted by molar-refractivity contribution is 5.94. The minimum absolute atomic E-state index is 0.0498. The molecular formula is C14H12F3NO4. The van der Waals surface area contributed by atoms with Crippen LogP contribution in [0.1, 0.15) is 22.8 Å². The topological polar surface area (TPSA) is 68.4 Å². The number of hydrogen-bond acceptors (Lipinski definition) is 4. The van der Waals surface area contributed by atoms with Gasteiger partial charge >= 0.3 is 12.1 Å². The lowest BCUT2D eigenvalue weighted by molar-refractivity contribution is -0.138. The summed E-state index contributed by atoms with van der Waals surface area (Å²) in [6, 6.07) is 1.73. The summed E-state index contributed by atoms with van der Waals surface area (Å²) in [7, 11) is 1.07. The monoisotopic (exact) mass is 315 g/mol. The number of ether oxygens (including phenoxy) is 2. The van der Waals surface area contributed by atoms with Crippen molar-refractivity contribution in [1.29, 1.82) is 0 Å². The summed E-state index contributed by atoms with van der Waals surface area (Å²) in [6.45, 7) is 1.65. The number of fused-ring (bicyclic) bond motifs is 1. The molecule has 0 amide bonds. The first-order chi connectivity index (χ1) is 10.3. The lowest BCUT2D eigenvalue weighted by Gasteiger charge is -2.13. The normalized spacial score (nSPS) is 11.5. The highest BCUT2D eigenvalue weighted by atomic mass is 19.4. The van der Waals surface area contributed by atoms with Gasteiger partial charge in [0.15, 0.2) is 0 Å². The quantitative estimate of drug-likeness (QED) is 0.884. The highest BCUT2D eigenvalue weighted by Gasteiger charge is 2.35. The van der Waals surface area contributed by atoms with E-state index in [9.17, 15) is 22.8 Å². The number of hydrogen-bond donors (Lipinski definition) is 1. The van der Waals surface area contributed by atoms with Crippen LogP contribution in [0.15, 0.2) is 23.1 Å². The van der Waals surface area contributed by atoms with Crippen molar-refractivity contribution < 1.29 is 27.4 Å². The van der Waals surface area contributed by atoms with E-state index in [0.29, 0.717) is 0 Å². The van der Waals surface area contributed by atoms with Crippen molar-refractivity contribution >= 4 is 16.9 Å². The number of rotatable bonds is 3. The Balaban J connectivity index is 2.71. The summed E-state index contributed by atoms with van der Waals surface area (Å²) >= 11 is 0. The molecule has 0 saturated heterocycles. The number of aromatic amines is 1. The number of H-pyrrole nitrogens is 1. The third kappa shape index (κ3) is 2.76. The van der Waals surface area contributed by atoms with Gasteiger partial charge in [0.25, 0.3) is 0 Å². The minimum atomic E-state index is -4.63. The van der Waals surface area contributed by atoms with Crippen LogP contribution in [0.5, 0.6) is 5.75 Å². The van der Waals surface area contributed by atoms with E-state index in [-0.39, 0.29) is 23.1 Å². The zero-order valence-electron chi connectivity index (χ0n) is 11.7. The number of halogens is 3. The molecule has 0 aliphatic heterocycles. The minimum Gasteiger partial charge on any atom is -0.496 e. The highest BCUT2D eigenvalue weighted by Crippen LogP contribution is 2.37. The van der Waals surface area contributed by atoms with Crippen molar-refractivity contribution in [2.45, 2.75) is 13.1 Å². The van der Waals surface area contributed by atoms with E-state index in [1.54, 1.807) is 6.92 Å². The molecule has 118 valence electrons. The maximum Gasteiger partial charge on any atom is 0.420 e. The SMILES string of the molecule is CCOC(=O)c1c[nH]c2cc(C(F)(F)F)c(OC)cc2c1=O. The van der Waals surface area contributed by atoms with E-state index in [1.165, 1.54) is 0 Å². The zero-order chi connectivity index (χ0) is 16.5. The summed E-state index contributed by atoms with van der Waals surface area (Å²) in [5, 5.41) is -0.0876. The Morgan fingerprint density at radius 2 is 2.00 bits per heavy atom. The first kappa shape index (κ1) is 15.9. The average Bonchev–Trinajstić information content (AvgIpc) is 2.45. The van der Waals surface area contributed by atoms with Crippen LogP contribution in [-0.4, -0.2) is 24.7 Å². The molecule has 2 rings (SSSR count). The van der Waals surface area contributed by atoms with Crippen molar-refractivity contribution in [3.8, 4) is 5.75 Å². The summed E-state index contributed by atoms with van der Waals surface area (Å²) in [5.74, 6) is -1.34. The Hall–Kier alpha value is -2.51. The molecule has 0 bridgehead atoms. The zero-order valence-corrected chi connectivity index (χ0v) is 11.7. The first-order valence-electron chi connectivity index (χ1n) is 6.27. The van der Waals surface area contributed by atoms with Gasteiger partial charge in [-0.3, -0.25) is 4.79 Å². The second-order valence-electron chi connectivity index (χ2n) is 4.35. The fourth-order valence-corrected chi connectivity index (χ4v) is 2.00. The maximum absolute atomic E-state index is 12.9. The number of carbonyl (C=O) groups excluding carboxylic acids is 1. The van der Waals surface area contributed by atoms with Crippen LogP contribution in [0.2, 0.25) is 0 Å². The average molecular weight is 315 g/mol. The molecule has 1 aromatic carbocycles. The molecule has 5 nitrogen and oxygen atoms in total. The van der Waals surface area contributed by atoms with Crippen molar-refractivity contribution in [2.24, 2.45) is 0 Å². The Bertz CT molecular complexity index is 780. The first-order valence-corrected chi connectivity index (χ1v) is 6.27. The van der Waals surface area contributed by atoms with Crippen LogP contribution in [-0.2, 0) is 10.9 Å². The van der Waals surface area contributed by atoms with Crippen molar-refractivity contribution in [3.63, 3.8) is 0 Å². The second-order valence-corrected chi connectivity index (χ2v) is 4.35. The molecule has 0 saturated carbocycles. The third-order valence-electron chi connectivity index (χ3n) is 3.00. The van der Waals surface area contributed by atoms with Gasteiger partial charge in [-0.05, 0) is 19.1 Å². The van der Waals surface area contributed by atoms with Crippen LogP contribution in [0.25, 0.3) is 10.9 Å². The fourth-order valence-electron chi connectivity index (χ4n) is 2.00. The van der Waals surface area contributed by atoms with E-state index in [0.717, 1.165) is 25.4 Å². The van der Waals surface area contributed by atoms with Crippen molar-refractivity contribution in [1.82, 2.24) is 4.98 Å². The largest absolute Gasteiger partial charge is 0.496 e. The third-order valence-corrected chi connectivity index (χ3v) is 3.00. The molecule has 8 heteroatoms. The van der Waals surface area contributed by atoms with Crippen LogP contribution >= 0.6 is 0 Å². The van der Waals surface area contributed by atoms with Gasteiger partial charge in [0, 0.05) is 6.20 Å². The Morgan fingerprint density at radius 3 is 2.55 bits per heavy atom.